The van der Waals surface area contributed by atoms with Gasteiger partial charge < -0.3 is 19.5 Å². The first-order chi connectivity index (χ1) is 14.4. The number of carbonyl (C=O) groups is 3. The zero-order valence-electron chi connectivity index (χ0n) is 16.8. The summed E-state index contributed by atoms with van der Waals surface area (Å²) in [5.41, 5.74) is 5.15. The van der Waals surface area contributed by atoms with Gasteiger partial charge in [-0.15, -0.1) is 10.2 Å². The van der Waals surface area contributed by atoms with Crippen LogP contribution in [0.1, 0.15) is 76.9 Å². The summed E-state index contributed by atoms with van der Waals surface area (Å²) < 4.78 is 12.5. The lowest BCUT2D eigenvalue weighted by molar-refractivity contribution is -0.113. The number of amides is 2. The van der Waals surface area contributed by atoms with Gasteiger partial charge in [0.15, 0.2) is 5.16 Å². The topological polar surface area (TPSA) is 142 Å². The number of esters is 1. The monoisotopic (exact) mass is 433 g/mol. The number of carbonyl (C=O) groups excluding carboxylic acids is 3. The number of nitrogens with one attached hydrogen (secondary N) is 1. The number of hydrogen-bond acceptors (Lipinski definition) is 8. The molecule has 2 aliphatic rings. The highest BCUT2D eigenvalue weighted by Gasteiger charge is 2.36. The zero-order valence-corrected chi connectivity index (χ0v) is 17.6. The lowest BCUT2D eigenvalue weighted by Gasteiger charge is -2.08. The second-order valence-corrected chi connectivity index (χ2v) is 8.32. The molecule has 0 unspecified atom stereocenters. The van der Waals surface area contributed by atoms with Crippen molar-refractivity contribution in [1.82, 2.24) is 14.8 Å². The van der Waals surface area contributed by atoms with Crippen LogP contribution < -0.4 is 11.1 Å². The molecule has 10 nitrogen and oxygen atoms in total. The van der Waals surface area contributed by atoms with Gasteiger partial charge >= 0.3 is 5.97 Å². The molecule has 0 saturated heterocycles. The Morgan fingerprint density at radius 3 is 2.57 bits per heavy atom. The average Bonchev–Trinajstić information content (AvgIpc) is 3.62. The van der Waals surface area contributed by atoms with Crippen molar-refractivity contribution in [3.05, 3.63) is 22.7 Å². The molecule has 0 aliphatic heterocycles. The van der Waals surface area contributed by atoms with Gasteiger partial charge in [-0.05, 0) is 39.5 Å². The van der Waals surface area contributed by atoms with Gasteiger partial charge in [0.25, 0.3) is 5.91 Å². The number of thioether (sulfide) groups is 1. The summed E-state index contributed by atoms with van der Waals surface area (Å²) in [5, 5.41) is 11.8. The maximum Gasteiger partial charge on any atom is 0.342 e. The summed E-state index contributed by atoms with van der Waals surface area (Å²) in [4.78, 5) is 36.6. The molecule has 2 saturated carbocycles. The predicted octanol–water partition coefficient (Wildman–Crippen LogP) is 2.40. The predicted molar refractivity (Wildman–Crippen MR) is 108 cm³/mol. The number of furan rings is 1. The van der Waals surface area contributed by atoms with Crippen molar-refractivity contribution < 1.29 is 23.5 Å². The Bertz CT molecular complexity index is 1010. The number of rotatable bonds is 9. The fourth-order valence-electron chi connectivity index (χ4n) is 3.29. The van der Waals surface area contributed by atoms with Gasteiger partial charge in [0.1, 0.15) is 22.7 Å². The fraction of sp³-hybridized carbons (Fsp3) is 0.526. The molecule has 2 aromatic rings. The summed E-state index contributed by atoms with van der Waals surface area (Å²) in [6, 6.07) is 0.419. The number of nitrogens with two attached hydrogens (primary N) is 1. The molecule has 11 heteroatoms. The highest BCUT2D eigenvalue weighted by atomic mass is 32.2. The molecule has 0 aromatic carbocycles. The number of nitrogens with zero attached hydrogens (tertiary/aromatic N) is 3. The first kappa shape index (κ1) is 20.5. The Hall–Kier alpha value is -2.82. The quantitative estimate of drug-likeness (QED) is 0.453. The fourth-order valence-corrected chi connectivity index (χ4v) is 4.10. The molecule has 2 aromatic heterocycles. The normalized spacial score (nSPS) is 15.8. The highest BCUT2D eigenvalue weighted by Crippen LogP contribution is 2.46. The smallest absolute Gasteiger partial charge is 0.342 e. The summed E-state index contributed by atoms with van der Waals surface area (Å²) >= 11 is 1.28. The van der Waals surface area contributed by atoms with E-state index in [4.69, 9.17) is 14.9 Å². The van der Waals surface area contributed by atoms with Crippen molar-refractivity contribution >= 4 is 35.4 Å². The first-order valence-electron chi connectivity index (χ1n) is 9.88. The van der Waals surface area contributed by atoms with Gasteiger partial charge in [-0.3, -0.25) is 14.9 Å². The number of primary amides is 1. The van der Waals surface area contributed by atoms with E-state index < -0.39 is 17.8 Å². The molecule has 0 bridgehead atoms. The van der Waals surface area contributed by atoms with Crippen LogP contribution in [0.25, 0.3) is 0 Å². The zero-order chi connectivity index (χ0) is 21.4. The minimum atomic E-state index is -0.889. The second kappa shape index (κ2) is 8.13. The summed E-state index contributed by atoms with van der Waals surface area (Å²) in [5.74, 6) is -0.506. The summed E-state index contributed by atoms with van der Waals surface area (Å²) in [6.45, 7) is 3.28. The van der Waals surface area contributed by atoms with Crippen LogP contribution in [0.4, 0.5) is 5.88 Å². The van der Waals surface area contributed by atoms with Crippen LogP contribution in [-0.2, 0) is 9.53 Å². The lowest BCUT2D eigenvalue weighted by Crippen LogP contribution is -2.21. The molecular weight excluding hydrogens is 410 g/mol. The van der Waals surface area contributed by atoms with Crippen LogP contribution in [0, 0.1) is 6.92 Å². The van der Waals surface area contributed by atoms with Crippen LogP contribution >= 0.6 is 11.8 Å². The Balaban J connectivity index is 1.47. The van der Waals surface area contributed by atoms with E-state index in [0.717, 1.165) is 31.5 Å². The third kappa shape index (κ3) is 4.07. The Labute approximate surface area is 176 Å². The number of aryl methyl sites for hydroxylation is 1. The van der Waals surface area contributed by atoms with Crippen LogP contribution in [-0.4, -0.2) is 44.9 Å². The van der Waals surface area contributed by atoms with Gasteiger partial charge in [-0.1, -0.05) is 11.8 Å². The Morgan fingerprint density at radius 1 is 1.23 bits per heavy atom. The van der Waals surface area contributed by atoms with E-state index in [-0.39, 0.29) is 35.1 Å². The first-order valence-corrected chi connectivity index (χ1v) is 10.9. The van der Waals surface area contributed by atoms with Crippen LogP contribution in [0.5, 0.6) is 0 Å². The summed E-state index contributed by atoms with van der Waals surface area (Å²) in [7, 11) is 0. The van der Waals surface area contributed by atoms with E-state index in [1.807, 2.05) is 0 Å². The van der Waals surface area contributed by atoms with Crippen molar-refractivity contribution in [3.63, 3.8) is 0 Å². The van der Waals surface area contributed by atoms with Crippen molar-refractivity contribution in [2.45, 2.75) is 56.6 Å². The third-order valence-electron chi connectivity index (χ3n) is 4.94. The minimum absolute atomic E-state index is 0.0439. The van der Waals surface area contributed by atoms with Crippen molar-refractivity contribution in [2.24, 2.45) is 5.73 Å². The van der Waals surface area contributed by atoms with Crippen molar-refractivity contribution in [1.29, 1.82) is 0 Å². The molecule has 2 fully saturated rings. The van der Waals surface area contributed by atoms with Gasteiger partial charge in [0.2, 0.25) is 11.8 Å². The molecule has 160 valence electrons. The standard InChI is InChI=1S/C19H23N5O5S/c1-3-28-18(27)13-9(2)29-17(14(13)15(20)26)21-12(25)8-30-19-23-22-16(10-4-5-10)24(19)11-6-7-11/h10-11H,3-8H2,1-2H3,(H2,20,26)(H,21,25). The average molecular weight is 433 g/mol. The largest absolute Gasteiger partial charge is 0.462 e. The van der Waals surface area contributed by atoms with E-state index >= 15 is 0 Å². The summed E-state index contributed by atoms with van der Waals surface area (Å²) in [6.07, 6.45) is 4.46. The molecule has 0 spiro atoms. The third-order valence-corrected chi connectivity index (χ3v) is 5.88. The van der Waals surface area contributed by atoms with E-state index in [9.17, 15) is 14.4 Å². The number of ether oxygens (including phenoxy) is 1. The molecule has 0 radical (unpaired) electrons. The number of anilines is 1. The van der Waals surface area contributed by atoms with Crippen molar-refractivity contribution in [3.8, 4) is 0 Å². The van der Waals surface area contributed by atoms with Gasteiger partial charge in [0.05, 0.1) is 12.4 Å². The Morgan fingerprint density at radius 2 is 1.97 bits per heavy atom. The maximum absolute atomic E-state index is 12.5. The van der Waals surface area contributed by atoms with E-state index in [2.05, 4.69) is 20.1 Å². The van der Waals surface area contributed by atoms with Crippen LogP contribution in [0.3, 0.4) is 0 Å². The van der Waals surface area contributed by atoms with Crippen LogP contribution in [0.2, 0.25) is 0 Å². The van der Waals surface area contributed by atoms with E-state index in [1.54, 1.807) is 6.92 Å². The molecule has 0 atom stereocenters. The minimum Gasteiger partial charge on any atom is -0.462 e. The van der Waals surface area contributed by atoms with Crippen LogP contribution in [0.15, 0.2) is 9.57 Å². The second-order valence-electron chi connectivity index (χ2n) is 7.38. The molecule has 30 heavy (non-hydrogen) atoms. The molecule has 3 N–H and O–H groups in total. The van der Waals surface area contributed by atoms with Gasteiger partial charge in [0, 0.05) is 12.0 Å². The van der Waals surface area contributed by atoms with E-state index in [0.29, 0.717) is 17.1 Å². The number of aromatic nitrogens is 3. The van der Waals surface area contributed by atoms with E-state index in [1.165, 1.54) is 18.7 Å². The molecular formula is C19H23N5O5S. The van der Waals surface area contributed by atoms with Gasteiger partial charge in [-0.25, -0.2) is 4.79 Å². The Kier molecular flexibility index (Phi) is 5.54. The lowest BCUT2D eigenvalue weighted by atomic mass is 10.1. The molecule has 4 rings (SSSR count). The SMILES string of the molecule is CCOC(=O)c1c(C)oc(NC(=O)CSc2nnc(C3CC3)n2C2CC2)c1C(N)=O. The maximum atomic E-state index is 12.5. The molecule has 2 heterocycles. The molecule has 2 amide bonds. The highest BCUT2D eigenvalue weighted by molar-refractivity contribution is 7.99. The van der Waals surface area contributed by atoms with Crippen molar-refractivity contribution in [2.75, 3.05) is 17.7 Å². The van der Waals surface area contributed by atoms with Gasteiger partial charge in [-0.2, -0.15) is 0 Å². The number of hydrogen-bond donors (Lipinski definition) is 2. The molecule has 2 aliphatic carbocycles.